The van der Waals surface area contributed by atoms with Gasteiger partial charge in [0, 0.05) is 18.7 Å². The Kier molecular flexibility index (Phi) is 5.93. The summed E-state index contributed by atoms with van der Waals surface area (Å²) in [5.41, 5.74) is 1.23. The molecule has 2 rings (SSSR count). The second-order valence-corrected chi connectivity index (χ2v) is 6.03. The highest BCUT2D eigenvalue weighted by Crippen LogP contribution is 2.29. The molecular formula is C16H27NO2. The average molecular weight is 265 g/mol. The van der Waals surface area contributed by atoms with Crippen molar-refractivity contribution < 1.29 is 9.15 Å². The zero-order chi connectivity index (χ0) is 13.5. The summed E-state index contributed by atoms with van der Waals surface area (Å²) in [5.74, 6) is 2.57. The molecule has 1 aromatic rings. The first-order valence-electron chi connectivity index (χ1n) is 7.59. The van der Waals surface area contributed by atoms with Crippen molar-refractivity contribution >= 4 is 0 Å². The van der Waals surface area contributed by atoms with Gasteiger partial charge in [-0.3, -0.25) is 0 Å². The fourth-order valence-corrected chi connectivity index (χ4v) is 2.34. The van der Waals surface area contributed by atoms with Crippen LogP contribution in [0, 0.1) is 11.8 Å². The molecule has 3 heteroatoms. The number of nitrogens with one attached hydrogen (secondary N) is 1. The summed E-state index contributed by atoms with van der Waals surface area (Å²) in [4.78, 5) is 0. The molecule has 0 atom stereocenters. The number of furan rings is 1. The van der Waals surface area contributed by atoms with Crippen LogP contribution < -0.4 is 5.32 Å². The molecule has 1 aromatic heterocycles. The first-order chi connectivity index (χ1) is 9.25. The Balaban J connectivity index is 1.63. The fourth-order valence-electron chi connectivity index (χ4n) is 2.34. The van der Waals surface area contributed by atoms with Crippen molar-refractivity contribution in [3.05, 3.63) is 23.7 Å². The van der Waals surface area contributed by atoms with E-state index in [2.05, 4.69) is 19.2 Å². The van der Waals surface area contributed by atoms with Crippen molar-refractivity contribution in [1.82, 2.24) is 5.32 Å². The Bertz CT molecular complexity index is 355. The van der Waals surface area contributed by atoms with E-state index >= 15 is 0 Å². The zero-order valence-corrected chi connectivity index (χ0v) is 12.3. The van der Waals surface area contributed by atoms with E-state index in [1.807, 2.05) is 6.07 Å². The normalized spacial score (nSPS) is 15.9. The molecule has 1 saturated carbocycles. The van der Waals surface area contributed by atoms with Gasteiger partial charge in [0.1, 0.15) is 12.4 Å². The molecule has 0 unspecified atom stereocenters. The molecule has 1 fully saturated rings. The molecule has 1 aliphatic rings. The van der Waals surface area contributed by atoms with Crippen LogP contribution in [-0.4, -0.2) is 13.2 Å². The van der Waals surface area contributed by atoms with Crippen LogP contribution in [0.1, 0.15) is 50.9 Å². The lowest BCUT2D eigenvalue weighted by Crippen LogP contribution is -2.19. The van der Waals surface area contributed by atoms with E-state index in [9.17, 15) is 0 Å². The summed E-state index contributed by atoms with van der Waals surface area (Å²) in [6.45, 7) is 7.81. The van der Waals surface area contributed by atoms with Gasteiger partial charge < -0.3 is 14.5 Å². The van der Waals surface area contributed by atoms with Crippen molar-refractivity contribution in [3.63, 3.8) is 0 Å². The largest absolute Gasteiger partial charge is 0.467 e. The molecule has 1 N–H and O–H groups in total. The van der Waals surface area contributed by atoms with Gasteiger partial charge in [0.2, 0.25) is 0 Å². The minimum Gasteiger partial charge on any atom is -0.467 e. The summed E-state index contributed by atoms with van der Waals surface area (Å²) < 4.78 is 11.2. The number of ether oxygens (including phenoxy) is 1. The quantitative estimate of drug-likeness (QED) is 0.691. The highest BCUT2D eigenvalue weighted by Gasteiger charge is 2.16. The summed E-state index contributed by atoms with van der Waals surface area (Å²) in [6.07, 6.45) is 7.18. The Hall–Kier alpha value is -0.800. The lowest BCUT2D eigenvalue weighted by atomic mass is 9.83. The molecule has 19 heavy (non-hydrogen) atoms. The molecule has 0 aromatic carbocycles. The molecule has 0 radical (unpaired) electrons. The summed E-state index contributed by atoms with van der Waals surface area (Å²) in [5, 5.41) is 3.44. The van der Waals surface area contributed by atoms with Gasteiger partial charge in [0.05, 0.1) is 6.26 Å². The van der Waals surface area contributed by atoms with Gasteiger partial charge in [0.15, 0.2) is 0 Å². The van der Waals surface area contributed by atoms with Crippen molar-refractivity contribution in [2.75, 3.05) is 13.2 Å². The molecule has 0 aliphatic heterocycles. The maximum atomic E-state index is 5.73. The third kappa shape index (κ3) is 5.00. The SMILES string of the molecule is CC(C)CNCc1ccoc1COCCC1CCC1. The van der Waals surface area contributed by atoms with Gasteiger partial charge in [-0.15, -0.1) is 0 Å². The first kappa shape index (κ1) is 14.6. The van der Waals surface area contributed by atoms with Crippen LogP contribution in [-0.2, 0) is 17.9 Å². The Morgan fingerprint density at radius 3 is 2.95 bits per heavy atom. The molecule has 1 aliphatic carbocycles. The number of rotatable bonds is 9. The maximum Gasteiger partial charge on any atom is 0.133 e. The molecule has 108 valence electrons. The number of hydrogen-bond donors (Lipinski definition) is 1. The van der Waals surface area contributed by atoms with Crippen molar-refractivity contribution in [2.24, 2.45) is 11.8 Å². The molecule has 3 nitrogen and oxygen atoms in total. The monoisotopic (exact) mass is 265 g/mol. The standard InChI is InChI=1S/C16H27NO2/c1-13(2)10-17-11-15-7-9-19-16(15)12-18-8-6-14-4-3-5-14/h7,9,13-14,17H,3-6,8,10-12H2,1-2H3. The summed E-state index contributed by atoms with van der Waals surface area (Å²) in [7, 11) is 0. The molecule has 0 amide bonds. The average Bonchev–Trinajstić information content (AvgIpc) is 2.74. The van der Waals surface area contributed by atoms with Crippen LogP contribution in [0.3, 0.4) is 0 Å². The lowest BCUT2D eigenvalue weighted by Gasteiger charge is -2.24. The first-order valence-corrected chi connectivity index (χ1v) is 7.59. The van der Waals surface area contributed by atoms with E-state index in [1.165, 1.54) is 31.2 Å². The van der Waals surface area contributed by atoms with E-state index in [0.29, 0.717) is 12.5 Å². The van der Waals surface area contributed by atoms with Crippen molar-refractivity contribution in [2.45, 2.75) is 52.7 Å². The van der Waals surface area contributed by atoms with Gasteiger partial charge in [-0.1, -0.05) is 33.1 Å². The van der Waals surface area contributed by atoms with Crippen LogP contribution in [0.4, 0.5) is 0 Å². The molecule has 1 heterocycles. The smallest absolute Gasteiger partial charge is 0.133 e. The van der Waals surface area contributed by atoms with E-state index < -0.39 is 0 Å². The molecule has 0 spiro atoms. The van der Waals surface area contributed by atoms with Gasteiger partial charge in [-0.05, 0) is 30.9 Å². The molecule has 0 bridgehead atoms. The van der Waals surface area contributed by atoms with Crippen LogP contribution in [0.25, 0.3) is 0 Å². The van der Waals surface area contributed by atoms with Crippen LogP contribution in [0.15, 0.2) is 16.7 Å². The van der Waals surface area contributed by atoms with Crippen molar-refractivity contribution in [3.8, 4) is 0 Å². The van der Waals surface area contributed by atoms with Crippen LogP contribution in [0.2, 0.25) is 0 Å². The lowest BCUT2D eigenvalue weighted by molar-refractivity contribution is 0.0829. The Morgan fingerprint density at radius 2 is 2.26 bits per heavy atom. The Labute approximate surface area is 116 Å². The Morgan fingerprint density at radius 1 is 1.42 bits per heavy atom. The topological polar surface area (TPSA) is 34.4 Å². The fraction of sp³-hybridized carbons (Fsp3) is 0.750. The third-order valence-electron chi connectivity index (χ3n) is 3.83. The van der Waals surface area contributed by atoms with Crippen LogP contribution in [0.5, 0.6) is 0 Å². The summed E-state index contributed by atoms with van der Waals surface area (Å²) >= 11 is 0. The van der Waals surface area contributed by atoms with Gasteiger partial charge in [-0.25, -0.2) is 0 Å². The third-order valence-corrected chi connectivity index (χ3v) is 3.83. The van der Waals surface area contributed by atoms with E-state index in [4.69, 9.17) is 9.15 Å². The van der Waals surface area contributed by atoms with E-state index in [1.54, 1.807) is 6.26 Å². The van der Waals surface area contributed by atoms with E-state index in [-0.39, 0.29) is 0 Å². The second kappa shape index (κ2) is 7.71. The van der Waals surface area contributed by atoms with Gasteiger partial charge in [0.25, 0.3) is 0 Å². The zero-order valence-electron chi connectivity index (χ0n) is 12.3. The van der Waals surface area contributed by atoms with Crippen molar-refractivity contribution in [1.29, 1.82) is 0 Å². The molecular weight excluding hydrogens is 238 g/mol. The van der Waals surface area contributed by atoms with Crippen LogP contribution >= 0.6 is 0 Å². The summed E-state index contributed by atoms with van der Waals surface area (Å²) in [6, 6.07) is 2.04. The second-order valence-electron chi connectivity index (χ2n) is 6.03. The van der Waals surface area contributed by atoms with Gasteiger partial charge in [-0.2, -0.15) is 0 Å². The maximum absolute atomic E-state index is 5.73. The highest BCUT2D eigenvalue weighted by atomic mass is 16.5. The minimum absolute atomic E-state index is 0.610. The minimum atomic E-state index is 0.610. The van der Waals surface area contributed by atoms with E-state index in [0.717, 1.165) is 31.4 Å². The van der Waals surface area contributed by atoms with Gasteiger partial charge >= 0.3 is 0 Å². The number of hydrogen-bond acceptors (Lipinski definition) is 3. The predicted octanol–water partition coefficient (Wildman–Crippen LogP) is 3.73. The highest BCUT2D eigenvalue weighted by molar-refractivity contribution is 5.16. The molecule has 0 saturated heterocycles. The predicted molar refractivity (Wildman–Crippen MR) is 76.9 cm³/mol.